The Balaban J connectivity index is 2.23. The Kier molecular flexibility index (Phi) is 3.41. The Morgan fingerprint density at radius 3 is 2.50 bits per heavy atom. The van der Waals surface area contributed by atoms with Crippen LogP contribution in [0, 0.1) is 5.41 Å². The van der Waals surface area contributed by atoms with Crippen LogP contribution in [0.25, 0.3) is 0 Å². The summed E-state index contributed by atoms with van der Waals surface area (Å²) in [6.07, 6.45) is 6.29. The summed E-state index contributed by atoms with van der Waals surface area (Å²) in [4.78, 5) is 23.0. The topological polar surface area (TPSA) is 55.9 Å². The quantitative estimate of drug-likeness (QED) is 0.344. The van der Waals surface area contributed by atoms with Gasteiger partial charge in [-0.3, -0.25) is 4.79 Å². The molecule has 110 valence electrons. The predicted octanol–water partition coefficient (Wildman–Crippen LogP) is 2.58. The Bertz CT molecular complexity index is 515. The van der Waals surface area contributed by atoms with Gasteiger partial charge in [-0.15, -0.1) is 0 Å². The van der Waals surface area contributed by atoms with Crippen molar-refractivity contribution in [2.45, 2.75) is 51.7 Å². The first-order valence-electron chi connectivity index (χ1n) is 6.83. The molecular weight excluding hydrogens is 256 g/mol. The first-order valence-corrected chi connectivity index (χ1v) is 6.83. The number of carbonyl (C=O) groups is 2. The van der Waals surface area contributed by atoms with Crippen LogP contribution >= 0.6 is 0 Å². The van der Waals surface area contributed by atoms with Crippen molar-refractivity contribution >= 4 is 11.8 Å². The van der Waals surface area contributed by atoms with Crippen LogP contribution in [0.5, 0.6) is 0 Å². The fourth-order valence-electron chi connectivity index (χ4n) is 3.39. The molecule has 0 aromatic rings. The van der Waals surface area contributed by atoms with Gasteiger partial charge in [-0.05, 0) is 25.5 Å². The van der Waals surface area contributed by atoms with E-state index < -0.39 is 11.2 Å². The molecule has 2 atom stereocenters. The standard InChI is InChI=1S/C16H22O4/c1-11(8-13(18)19-5)6-7-16-14(2,3)9-12(17)10-15(16,4)20-16/h6-8H,9-10H2,1-5H3. The van der Waals surface area contributed by atoms with Gasteiger partial charge in [0, 0.05) is 24.3 Å². The van der Waals surface area contributed by atoms with Gasteiger partial charge in [-0.1, -0.05) is 19.9 Å². The molecule has 2 rings (SSSR count). The second-order valence-corrected chi connectivity index (χ2v) is 6.59. The van der Waals surface area contributed by atoms with Crippen molar-refractivity contribution in [1.82, 2.24) is 0 Å². The monoisotopic (exact) mass is 278 g/mol. The summed E-state index contributed by atoms with van der Waals surface area (Å²) in [5.41, 5.74) is -0.261. The number of methoxy groups -OCH3 is 1. The molecule has 4 heteroatoms. The zero-order valence-electron chi connectivity index (χ0n) is 12.8. The van der Waals surface area contributed by atoms with Crippen molar-refractivity contribution in [2.24, 2.45) is 5.41 Å². The zero-order valence-corrected chi connectivity index (χ0v) is 12.8. The lowest BCUT2D eigenvalue weighted by molar-refractivity contribution is -0.134. The number of fused-ring (bicyclic) bond motifs is 1. The summed E-state index contributed by atoms with van der Waals surface area (Å²) in [6.45, 7) is 7.93. The summed E-state index contributed by atoms with van der Waals surface area (Å²) in [6, 6.07) is 0. The minimum Gasteiger partial charge on any atom is -0.466 e. The van der Waals surface area contributed by atoms with E-state index in [4.69, 9.17) is 4.74 Å². The maximum atomic E-state index is 11.8. The largest absolute Gasteiger partial charge is 0.466 e. The smallest absolute Gasteiger partial charge is 0.330 e. The summed E-state index contributed by atoms with van der Waals surface area (Å²) in [5.74, 6) is -0.122. The molecule has 0 radical (unpaired) electrons. The van der Waals surface area contributed by atoms with Crippen molar-refractivity contribution in [2.75, 3.05) is 7.11 Å². The van der Waals surface area contributed by atoms with Gasteiger partial charge in [-0.2, -0.15) is 0 Å². The zero-order chi connectivity index (χ0) is 15.2. The van der Waals surface area contributed by atoms with Crippen LogP contribution in [0.4, 0.5) is 0 Å². The highest BCUT2D eigenvalue weighted by molar-refractivity contribution is 5.84. The molecule has 2 fully saturated rings. The molecule has 0 aromatic heterocycles. The van der Waals surface area contributed by atoms with E-state index in [1.807, 2.05) is 26.0 Å². The number of carbonyl (C=O) groups excluding carboxylic acids is 2. The van der Waals surface area contributed by atoms with Gasteiger partial charge in [0.05, 0.1) is 7.11 Å². The maximum Gasteiger partial charge on any atom is 0.330 e. The SMILES string of the molecule is COC(=O)C=C(C)C=CC12OC1(C)CC(=O)CC2(C)C. The van der Waals surface area contributed by atoms with Crippen molar-refractivity contribution in [1.29, 1.82) is 0 Å². The maximum absolute atomic E-state index is 11.8. The first kappa shape index (κ1) is 15.0. The third-order valence-electron chi connectivity index (χ3n) is 4.44. The Labute approximate surface area is 119 Å². The van der Waals surface area contributed by atoms with Gasteiger partial charge >= 0.3 is 5.97 Å². The van der Waals surface area contributed by atoms with E-state index in [9.17, 15) is 9.59 Å². The lowest BCUT2D eigenvalue weighted by atomic mass is 9.63. The Hall–Kier alpha value is -1.42. The minimum absolute atomic E-state index is 0.237. The summed E-state index contributed by atoms with van der Waals surface area (Å²) < 4.78 is 10.6. The fourth-order valence-corrected chi connectivity index (χ4v) is 3.39. The average Bonchev–Trinajstić information content (AvgIpc) is 2.92. The van der Waals surface area contributed by atoms with E-state index in [-0.39, 0.29) is 17.2 Å². The van der Waals surface area contributed by atoms with Crippen LogP contribution in [0.1, 0.15) is 40.5 Å². The summed E-state index contributed by atoms with van der Waals surface area (Å²) in [5, 5.41) is 0. The third kappa shape index (κ3) is 2.22. The van der Waals surface area contributed by atoms with E-state index >= 15 is 0 Å². The van der Waals surface area contributed by atoms with E-state index in [1.54, 1.807) is 0 Å². The molecule has 1 aliphatic heterocycles. The summed E-state index contributed by atoms with van der Waals surface area (Å²) in [7, 11) is 1.35. The number of rotatable bonds is 3. The number of Topliss-reactive ketones (excluding diaryl/α,β-unsaturated/α-hetero) is 1. The van der Waals surface area contributed by atoms with Gasteiger partial charge < -0.3 is 9.47 Å². The normalized spacial score (nSPS) is 35.9. The number of hydrogen-bond donors (Lipinski definition) is 0. The molecule has 4 nitrogen and oxygen atoms in total. The molecule has 1 saturated carbocycles. The average molecular weight is 278 g/mol. The van der Waals surface area contributed by atoms with Crippen molar-refractivity contribution in [3.8, 4) is 0 Å². The molecule has 1 saturated heterocycles. The van der Waals surface area contributed by atoms with Gasteiger partial charge in [0.25, 0.3) is 0 Å². The van der Waals surface area contributed by atoms with Crippen LogP contribution in [0.15, 0.2) is 23.8 Å². The lowest BCUT2D eigenvalue weighted by Gasteiger charge is -2.35. The van der Waals surface area contributed by atoms with Crippen LogP contribution in [0.2, 0.25) is 0 Å². The second-order valence-electron chi connectivity index (χ2n) is 6.59. The molecule has 1 heterocycles. The molecule has 2 aliphatic rings. The van der Waals surface area contributed by atoms with Crippen LogP contribution in [0.3, 0.4) is 0 Å². The molecule has 0 aromatic carbocycles. The molecule has 0 N–H and O–H groups in total. The first-order chi connectivity index (χ1) is 9.16. The van der Waals surface area contributed by atoms with Crippen LogP contribution < -0.4 is 0 Å². The number of allylic oxidation sites excluding steroid dienone is 2. The minimum atomic E-state index is -0.418. The molecule has 2 unspecified atom stereocenters. The van der Waals surface area contributed by atoms with E-state index in [2.05, 4.69) is 18.6 Å². The van der Waals surface area contributed by atoms with E-state index in [0.29, 0.717) is 12.8 Å². The van der Waals surface area contributed by atoms with Crippen molar-refractivity contribution in [3.63, 3.8) is 0 Å². The third-order valence-corrected chi connectivity index (χ3v) is 4.44. The highest BCUT2D eigenvalue weighted by atomic mass is 16.6. The van der Waals surface area contributed by atoms with Crippen LogP contribution in [-0.2, 0) is 19.1 Å². The fraction of sp³-hybridized carbons (Fsp3) is 0.625. The summed E-state index contributed by atoms with van der Waals surface area (Å²) >= 11 is 0. The number of ether oxygens (including phenoxy) is 2. The Morgan fingerprint density at radius 1 is 1.30 bits per heavy atom. The van der Waals surface area contributed by atoms with Crippen molar-refractivity contribution < 1.29 is 19.1 Å². The molecule has 0 spiro atoms. The van der Waals surface area contributed by atoms with Gasteiger partial charge in [0.1, 0.15) is 17.0 Å². The van der Waals surface area contributed by atoms with E-state index in [1.165, 1.54) is 13.2 Å². The number of epoxide rings is 1. The van der Waals surface area contributed by atoms with Gasteiger partial charge in [-0.25, -0.2) is 4.79 Å². The van der Waals surface area contributed by atoms with Crippen LogP contribution in [-0.4, -0.2) is 30.1 Å². The predicted molar refractivity (Wildman–Crippen MR) is 75.2 cm³/mol. The van der Waals surface area contributed by atoms with Gasteiger partial charge in [0.2, 0.25) is 0 Å². The van der Waals surface area contributed by atoms with Crippen molar-refractivity contribution in [3.05, 3.63) is 23.8 Å². The Morgan fingerprint density at radius 2 is 1.95 bits per heavy atom. The molecule has 0 bridgehead atoms. The number of esters is 1. The number of hydrogen-bond acceptors (Lipinski definition) is 4. The highest BCUT2D eigenvalue weighted by Gasteiger charge is 2.74. The second kappa shape index (κ2) is 4.55. The number of ketones is 1. The van der Waals surface area contributed by atoms with Gasteiger partial charge in [0.15, 0.2) is 0 Å². The highest BCUT2D eigenvalue weighted by Crippen LogP contribution is 2.65. The molecular formula is C16H22O4. The van der Waals surface area contributed by atoms with E-state index in [0.717, 1.165) is 5.57 Å². The molecule has 0 amide bonds. The molecule has 1 aliphatic carbocycles. The lowest BCUT2D eigenvalue weighted by Crippen LogP contribution is -2.44. The molecule has 20 heavy (non-hydrogen) atoms.